The van der Waals surface area contributed by atoms with Crippen LogP contribution < -0.4 is 0 Å². The predicted octanol–water partition coefficient (Wildman–Crippen LogP) is 1.60. The van der Waals surface area contributed by atoms with Crippen molar-refractivity contribution in [1.29, 1.82) is 0 Å². The minimum Gasteiger partial charge on any atom is -0.241 e. The Morgan fingerprint density at radius 3 is 3.09 bits per heavy atom. The van der Waals surface area contributed by atoms with E-state index in [2.05, 4.69) is 20.0 Å². The zero-order valence-electron chi connectivity index (χ0n) is 10.4. The van der Waals surface area contributed by atoms with Gasteiger partial charge in [-0.05, 0) is 17.9 Å². The molecular formula is C6H7N5. The molecule has 1 rings (SSSR count). The molecule has 0 unspecified atom stereocenters. The SMILES string of the molecule is [2H]C([2H])([2H])c1cnc(C([2H])([2H])N=[N+]=[N-])nc1. The lowest BCUT2D eigenvalue weighted by Crippen LogP contribution is -1.91. The molecule has 5 heteroatoms. The van der Waals surface area contributed by atoms with Gasteiger partial charge >= 0.3 is 0 Å². The Bertz CT molecular complexity index is 418. The molecule has 11 heavy (non-hydrogen) atoms. The third-order valence-corrected chi connectivity index (χ3v) is 0.847. The van der Waals surface area contributed by atoms with Crippen molar-refractivity contribution >= 4 is 0 Å². The zero-order valence-corrected chi connectivity index (χ0v) is 5.39. The van der Waals surface area contributed by atoms with Crippen LogP contribution in [-0.4, -0.2) is 9.97 Å². The Hall–Kier alpha value is -1.61. The van der Waals surface area contributed by atoms with Crippen LogP contribution in [0.3, 0.4) is 0 Å². The van der Waals surface area contributed by atoms with Crippen molar-refractivity contribution in [3.05, 3.63) is 34.2 Å². The number of hydrogen-bond donors (Lipinski definition) is 0. The van der Waals surface area contributed by atoms with E-state index in [9.17, 15) is 0 Å². The summed E-state index contributed by atoms with van der Waals surface area (Å²) in [5, 5.41) is 2.87. The molecule has 1 aromatic heterocycles. The van der Waals surface area contributed by atoms with E-state index in [1.54, 1.807) is 0 Å². The van der Waals surface area contributed by atoms with Crippen LogP contribution in [0.4, 0.5) is 0 Å². The molecule has 0 atom stereocenters. The molecule has 56 valence electrons. The number of aromatic nitrogens is 2. The standard InChI is InChI=1S/C6H7N5/c1-5-2-8-6(9-3-5)4-10-11-7/h2-3H,4H2,1H3/i1D3,4D2. The van der Waals surface area contributed by atoms with Crippen molar-refractivity contribution < 1.29 is 6.85 Å². The van der Waals surface area contributed by atoms with Crippen molar-refractivity contribution in [2.45, 2.75) is 13.3 Å². The quantitative estimate of drug-likeness (QED) is 0.368. The molecule has 5 nitrogen and oxygen atoms in total. The number of hydrogen-bond acceptors (Lipinski definition) is 3. The van der Waals surface area contributed by atoms with Gasteiger partial charge in [0.15, 0.2) is 0 Å². The van der Waals surface area contributed by atoms with Crippen molar-refractivity contribution in [3.63, 3.8) is 0 Å². The van der Waals surface area contributed by atoms with Crippen LogP contribution in [0, 0.1) is 6.85 Å². The summed E-state index contributed by atoms with van der Waals surface area (Å²) in [6, 6.07) is 0. The van der Waals surface area contributed by atoms with Crippen molar-refractivity contribution in [2.24, 2.45) is 5.11 Å². The van der Waals surface area contributed by atoms with Gasteiger partial charge in [0.1, 0.15) is 5.82 Å². The minimum atomic E-state index is -2.39. The first-order valence-corrected chi connectivity index (χ1v) is 2.66. The highest BCUT2D eigenvalue weighted by atomic mass is 15.1. The third kappa shape index (κ3) is 2.23. The predicted molar refractivity (Wildman–Crippen MR) is 39.6 cm³/mol. The van der Waals surface area contributed by atoms with Gasteiger partial charge < -0.3 is 0 Å². The van der Waals surface area contributed by atoms with Crippen LogP contribution in [0.15, 0.2) is 17.5 Å². The van der Waals surface area contributed by atoms with Gasteiger partial charge in [-0.3, -0.25) is 0 Å². The molecule has 1 heterocycles. The molecule has 0 aliphatic rings. The maximum atomic E-state index is 8.12. The summed E-state index contributed by atoms with van der Waals surface area (Å²) in [7, 11) is 0. The van der Waals surface area contributed by atoms with Gasteiger partial charge in [-0.15, -0.1) is 0 Å². The lowest BCUT2D eigenvalue weighted by Gasteiger charge is -1.92. The maximum absolute atomic E-state index is 8.12. The zero-order chi connectivity index (χ0) is 12.4. The van der Waals surface area contributed by atoms with E-state index in [4.69, 9.17) is 12.4 Å². The Morgan fingerprint density at radius 2 is 2.55 bits per heavy atom. The van der Waals surface area contributed by atoms with Gasteiger partial charge in [-0.2, -0.15) is 0 Å². The molecule has 0 saturated carbocycles. The van der Waals surface area contributed by atoms with Gasteiger partial charge in [-0.1, -0.05) is 5.11 Å². The first-order chi connectivity index (χ1) is 7.27. The number of azide groups is 1. The Morgan fingerprint density at radius 1 is 1.82 bits per heavy atom. The smallest absolute Gasteiger partial charge is 0.134 e. The van der Waals surface area contributed by atoms with Crippen LogP contribution in [-0.2, 0) is 6.50 Å². The molecular weight excluding hydrogens is 142 g/mol. The van der Waals surface area contributed by atoms with E-state index >= 15 is 0 Å². The number of aryl methyl sites for hydroxylation is 1. The molecule has 0 fully saturated rings. The fourth-order valence-corrected chi connectivity index (χ4v) is 0.453. The van der Waals surface area contributed by atoms with Gasteiger partial charge in [0.05, 0.1) is 6.50 Å². The highest BCUT2D eigenvalue weighted by Gasteiger charge is 1.91. The van der Waals surface area contributed by atoms with Crippen LogP contribution >= 0.6 is 0 Å². The number of nitrogens with zero attached hydrogens (tertiary/aromatic N) is 5. The van der Waals surface area contributed by atoms with E-state index in [1.165, 1.54) is 0 Å². The second-order valence-electron chi connectivity index (χ2n) is 1.60. The topological polar surface area (TPSA) is 74.5 Å². The van der Waals surface area contributed by atoms with Gasteiger partial charge in [0, 0.05) is 24.2 Å². The third-order valence-electron chi connectivity index (χ3n) is 0.847. The largest absolute Gasteiger partial charge is 0.241 e. The van der Waals surface area contributed by atoms with Crippen LogP contribution in [0.25, 0.3) is 10.4 Å². The summed E-state index contributed by atoms with van der Waals surface area (Å²) in [5.74, 6) is -0.377. The summed E-state index contributed by atoms with van der Waals surface area (Å²) in [6.07, 6.45) is 1.97. The van der Waals surface area contributed by atoms with Crippen LogP contribution in [0.1, 0.15) is 18.2 Å². The molecule has 0 radical (unpaired) electrons. The molecule has 0 N–H and O–H groups in total. The molecule has 0 aliphatic heterocycles. The molecule has 0 amide bonds. The molecule has 0 aromatic carbocycles. The molecule has 0 saturated heterocycles. The Balaban J connectivity index is 3.09. The minimum absolute atomic E-state index is 0.104. The molecule has 0 spiro atoms. The van der Waals surface area contributed by atoms with E-state index < -0.39 is 13.3 Å². The summed E-state index contributed by atoms with van der Waals surface area (Å²) >= 11 is 0. The van der Waals surface area contributed by atoms with Crippen molar-refractivity contribution in [3.8, 4) is 0 Å². The lowest BCUT2D eigenvalue weighted by molar-refractivity contribution is 0.892. The maximum Gasteiger partial charge on any atom is 0.134 e. The summed E-state index contributed by atoms with van der Waals surface area (Å²) in [5.41, 5.74) is 8.02. The van der Waals surface area contributed by atoms with Gasteiger partial charge in [-0.25, -0.2) is 9.97 Å². The first-order valence-electron chi connectivity index (χ1n) is 5.16. The van der Waals surface area contributed by atoms with Crippen molar-refractivity contribution in [2.75, 3.05) is 0 Å². The fourth-order valence-electron chi connectivity index (χ4n) is 0.453. The summed E-state index contributed by atoms with van der Waals surface area (Å²) in [6.45, 7) is -4.73. The second kappa shape index (κ2) is 3.53. The summed E-state index contributed by atoms with van der Waals surface area (Å²) < 4.78 is 35.7. The van der Waals surface area contributed by atoms with Crippen molar-refractivity contribution in [1.82, 2.24) is 9.97 Å². The lowest BCUT2D eigenvalue weighted by atomic mass is 10.4. The second-order valence-corrected chi connectivity index (χ2v) is 1.60. The molecule has 1 aromatic rings. The normalized spacial score (nSPS) is 18.0. The summed E-state index contributed by atoms with van der Waals surface area (Å²) in [4.78, 5) is 9.36. The van der Waals surface area contributed by atoms with Crippen LogP contribution in [0.2, 0.25) is 0 Å². The van der Waals surface area contributed by atoms with E-state index in [1.807, 2.05) is 0 Å². The molecule has 0 aliphatic carbocycles. The molecule has 0 bridgehead atoms. The highest BCUT2D eigenvalue weighted by molar-refractivity contribution is 5.01. The highest BCUT2D eigenvalue weighted by Crippen LogP contribution is 1.94. The fraction of sp³-hybridized carbons (Fsp3) is 0.333. The monoisotopic (exact) mass is 154 g/mol. The van der Waals surface area contributed by atoms with Gasteiger partial charge in [0.25, 0.3) is 0 Å². The van der Waals surface area contributed by atoms with Crippen LogP contribution in [0.5, 0.6) is 0 Å². The van der Waals surface area contributed by atoms with E-state index in [-0.39, 0.29) is 11.4 Å². The van der Waals surface area contributed by atoms with E-state index in [0.717, 1.165) is 12.4 Å². The van der Waals surface area contributed by atoms with E-state index in [0.29, 0.717) is 0 Å². The average molecular weight is 154 g/mol. The average Bonchev–Trinajstić information content (AvgIpc) is 2.16. The first kappa shape index (κ1) is 3.19. The Kier molecular flexibility index (Phi) is 1.02. The number of rotatable bonds is 2. The van der Waals surface area contributed by atoms with Gasteiger partial charge in [0.2, 0.25) is 0 Å². The Labute approximate surface area is 70.8 Å².